The Morgan fingerprint density at radius 3 is 2.33 bits per heavy atom. The average Bonchev–Trinajstić information content (AvgIpc) is 2.49. The van der Waals surface area contributed by atoms with Gasteiger partial charge in [0.25, 0.3) is 0 Å². The molecule has 6 heteroatoms. The first-order chi connectivity index (χ1) is 10.1. The molecule has 0 saturated carbocycles. The maximum atomic E-state index is 11.8. The Labute approximate surface area is 121 Å². The number of hydrazone groups is 1. The van der Waals surface area contributed by atoms with Gasteiger partial charge in [-0.15, -0.1) is 0 Å². The maximum Gasteiger partial charge on any atom is 0.343 e. The van der Waals surface area contributed by atoms with E-state index in [0.29, 0.717) is 11.3 Å². The highest BCUT2D eigenvalue weighted by Crippen LogP contribution is 2.13. The van der Waals surface area contributed by atoms with Crippen molar-refractivity contribution >= 4 is 18.2 Å². The predicted molar refractivity (Wildman–Crippen MR) is 78.2 cm³/mol. The summed E-state index contributed by atoms with van der Waals surface area (Å²) in [6.07, 6.45) is 1.42. The van der Waals surface area contributed by atoms with Crippen molar-refractivity contribution in [2.75, 3.05) is 0 Å². The topological polar surface area (TPSA) is 93.8 Å². The lowest BCUT2D eigenvalue weighted by Gasteiger charge is -2.04. The minimum atomic E-state index is -0.736. The quantitative estimate of drug-likeness (QED) is 0.388. The van der Waals surface area contributed by atoms with Gasteiger partial charge in [-0.25, -0.2) is 15.0 Å². The zero-order valence-electron chi connectivity index (χ0n) is 11.0. The standard InChI is InChI=1S/C15H13N3O3/c16-15(20)18-17-10-11-6-8-13(9-7-11)21-14(19)12-4-2-1-3-5-12/h1-10H,(H3,16,18,20)/b17-10-. The fraction of sp³-hybridized carbons (Fsp3) is 0. The number of primary amides is 1. The third-order valence-electron chi connectivity index (χ3n) is 2.49. The van der Waals surface area contributed by atoms with Crippen molar-refractivity contribution in [2.24, 2.45) is 10.8 Å². The molecular weight excluding hydrogens is 270 g/mol. The highest BCUT2D eigenvalue weighted by atomic mass is 16.5. The normalized spacial score (nSPS) is 10.3. The SMILES string of the molecule is NC(=O)N/N=C\c1ccc(OC(=O)c2ccccc2)cc1. The van der Waals surface area contributed by atoms with E-state index in [1.54, 1.807) is 48.5 Å². The van der Waals surface area contributed by atoms with Gasteiger partial charge in [0.2, 0.25) is 0 Å². The molecule has 0 heterocycles. The summed E-state index contributed by atoms with van der Waals surface area (Å²) < 4.78 is 5.22. The number of nitrogens with two attached hydrogens (primary N) is 1. The van der Waals surface area contributed by atoms with Crippen LogP contribution < -0.4 is 15.9 Å². The molecule has 0 aromatic heterocycles. The van der Waals surface area contributed by atoms with Crippen LogP contribution in [0.1, 0.15) is 15.9 Å². The van der Waals surface area contributed by atoms with Crippen LogP contribution in [-0.4, -0.2) is 18.2 Å². The van der Waals surface area contributed by atoms with Crippen LogP contribution >= 0.6 is 0 Å². The molecule has 2 amide bonds. The number of hydrogen-bond donors (Lipinski definition) is 2. The molecule has 0 aliphatic heterocycles. The first kappa shape index (κ1) is 14.3. The van der Waals surface area contributed by atoms with Crippen molar-refractivity contribution in [2.45, 2.75) is 0 Å². The highest BCUT2D eigenvalue weighted by Gasteiger charge is 2.07. The van der Waals surface area contributed by atoms with Gasteiger partial charge in [0.1, 0.15) is 5.75 Å². The summed E-state index contributed by atoms with van der Waals surface area (Å²) in [5.74, 6) is -0.00345. The van der Waals surface area contributed by atoms with E-state index in [1.165, 1.54) is 6.21 Å². The molecule has 21 heavy (non-hydrogen) atoms. The molecule has 2 aromatic rings. The number of rotatable bonds is 4. The van der Waals surface area contributed by atoms with E-state index in [9.17, 15) is 9.59 Å². The minimum Gasteiger partial charge on any atom is -0.423 e. The molecule has 0 unspecified atom stereocenters. The van der Waals surface area contributed by atoms with Gasteiger partial charge in [-0.05, 0) is 42.0 Å². The monoisotopic (exact) mass is 283 g/mol. The van der Waals surface area contributed by atoms with Gasteiger partial charge >= 0.3 is 12.0 Å². The molecule has 3 N–H and O–H groups in total. The van der Waals surface area contributed by atoms with Crippen molar-refractivity contribution in [3.05, 3.63) is 65.7 Å². The third kappa shape index (κ3) is 4.46. The summed E-state index contributed by atoms with van der Waals surface area (Å²) in [7, 11) is 0. The average molecular weight is 283 g/mol. The van der Waals surface area contributed by atoms with E-state index >= 15 is 0 Å². The Hall–Kier alpha value is -3.15. The van der Waals surface area contributed by atoms with Gasteiger partial charge in [-0.3, -0.25) is 0 Å². The zero-order valence-corrected chi connectivity index (χ0v) is 11.0. The predicted octanol–water partition coefficient (Wildman–Crippen LogP) is 1.91. The second-order valence-corrected chi connectivity index (χ2v) is 4.06. The smallest absolute Gasteiger partial charge is 0.343 e. The van der Waals surface area contributed by atoms with Crippen LogP contribution in [0.25, 0.3) is 0 Å². The Kier molecular flexibility index (Phi) is 4.66. The lowest BCUT2D eigenvalue weighted by atomic mass is 10.2. The Morgan fingerprint density at radius 1 is 1.05 bits per heavy atom. The number of benzene rings is 2. The fourth-order valence-electron chi connectivity index (χ4n) is 1.53. The summed E-state index contributed by atoms with van der Waals surface area (Å²) >= 11 is 0. The van der Waals surface area contributed by atoms with Gasteiger partial charge in [-0.2, -0.15) is 5.10 Å². The summed E-state index contributed by atoms with van der Waals surface area (Å²) in [4.78, 5) is 22.3. The molecular formula is C15H13N3O3. The molecule has 6 nitrogen and oxygen atoms in total. The fourth-order valence-corrected chi connectivity index (χ4v) is 1.53. The minimum absolute atomic E-state index is 0.420. The second-order valence-electron chi connectivity index (χ2n) is 4.06. The van der Waals surface area contributed by atoms with Crippen molar-refractivity contribution in [3.8, 4) is 5.75 Å². The van der Waals surface area contributed by atoms with Crippen LogP contribution in [0.3, 0.4) is 0 Å². The molecule has 0 radical (unpaired) electrons. The molecule has 0 atom stereocenters. The van der Waals surface area contributed by atoms with Crippen LogP contribution in [0, 0.1) is 0 Å². The molecule has 0 fully saturated rings. The first-order valence-electron chi connectivity index (χ1n) is 6.11. The van der Waals surface area contributed by atoms with E-state index in [-0.39, 0.29) is 0 Å². The van der Waals surface area contributed by atoms with E-state index in [0.717, 1.165) is 5.56 Å². The lowest BCUT2D eigenvalue weighted by Crippen LogP contribution is -2.24. The van der Waals surface area contributed by atoms with Crippen molar-refractivity contribution in [1.82, 2.24) is 5.43 Å². The van der Waals surface area contributed by atoms with Gasteiger partial charge < -0.3 is 10.5 Å². The molecule has 0 spiro atoms. The Balaban J connectivity index is 1.98. The maximum absolute atomic E-state index is 11.8. The van der Waals surface area contributed by atoms with Crippen molar-refractivity contribution < 1.29 is 14.3 Å². The van der Waals surface area contributed by atoms with E-state index in [1.807, 2.05) is 6.07 Å². The zero-order chi connectivity index (χ0) is 15.1. The number of esters is 1. The van der Waals surface area contributed by atoms with E-state index < -0.39 is 12.0 Å². The Bertz CT molecular complexity index is 652. The van der Waals surface area contributed by atoms with Gasteiger partial charge in [0.05, 0.1) is 11.8 Å². The molecule has 0 bridgehead atoms. The summed E-state index contributed by atoms with van der Waals surface area (Å²) in [5.41, 5.74) is 8.16. The summed E-state index contributed by atoms with van der Waals surface area (Å²) in [5, 5.41) is 3.62. The summed E-state index contributed by atoms with van der Waals surface area (Å²) in [6, 6.07) is 14.6. The number of urea groups is 1. The number of carbonyl (C=O) groups excluding carboxylic acids is 2. The lowest BCUT2D eigenvalue weighted by molar-refractivity contribution is 0.0734. The molecule has 2 aromatic carbocycles. The number of nitrogens with one attached hydrogen (secondary N) is 1. The van der Waals surface area contributed by atoms with Crippen LogP contribution in [0.2, 0.25) is 0 Å². The second kappa shape index (κ2) is 6.85. The molecule has 0 saturated heterocycles. The van der Waals surface area contributed by atoms with E-state index in [2.05, 4.69) is 10.5 Å². The number of nitrogens with zero attached hydrogens (tertiary/aromatic N) is 1. The van der Waals surface area contributed by atoms with Gasteiger partial charge in [-0.1, -0.05) is 18.2 Å². The largest absolute Gasteiger partial charge is 0.423 e. The van der Waals surface area contributed by atoms with Crippen LogP contribution in [0.5, 0.6) is 5.75 Å². The molecule has 0 aliphatic carbocycles. The number of carbonyl (C=O) groups is 2. The number of amides is 2. The number of ether oxygens (including phenoxy) is 1. The molecule has 106 valence electrons. The van der Waals surface area contributed by atoms with Crippen LogP contribution in [-0.2, 0) is 0 Å². The third-order valence-corrected chi connectivity index (χ3v) is 2.49. The molecule has 2 rings (SSSR count). The first-order valence-corrected chi connectivity index (χ1v) is 6.11. The summed E-state index contributed by atoms with van der Waals surface area (Å²) in [6.45, 7) is 0. The molecule has 0 aliphatic rings. The van der Waals surface area contributed by atoms with Crippen molar-refractivity contribution in [3.63, 3.8) is 0 Å². The van der Waals surface area contributed by atoms with Crippen molar-refractivity contribution in [1.29, 1.82) is 0 Å². The van der Waals surface area contributed by atoms with E-state index in [4.69, 9.17) is 10.5 Å². The highest BCUT2D eigenvalue weighted by molar-refractivity contribution is 5.91. The number of hydrogen-bond acceptors (Lipinski definition) is 4. The van der Waals surface area contributed by atoms with Gasteiger partial charge in [0, 0.05) is 0 Å². The van der Waals surface area contributed by atoms with Gasteiger partial charge in [0.15, 0.2) is 0 Å². The van der Waals surface area contributed by atoms with Crippen LogP contribution in [0.4, 0.5) is 4.79 Å². The van der Waals surface area contributed by atoms with Crippen LogP contribution in [0.15, 0.2) is 59.7 Å². The Morgan fingerprint density at radius 2 is 1.71 bits per heavy atom.